The van der Waals surface area contributed by atoms with Crippen LogP contribution in [0.2, 0.25) is 0 Å². The average molecular weight is 212 g/mol. The lowest BCUT2D eigenvalue weighted by molar-refractivity contribution is -0.124. The molecule has 4 fully saturated rings. The van der Waals surface area contributed by atoms with E-state index in [1.807, 2.05) is 0 Å². The number of aliphatic hydroxyl groups excluding tert-OH is 2. The highest BCUT2D eigenvalue weighted by Crippen LogP contribution is 2.42. The monoisotopic (exact) mass is 212 g/mol. The molecule has 0 saturated carbocycles. The smallest absolute Gasteiger partial charge is 0.0674 e. The lowest BCUT2D eigenvalue weighted by Gasteiger charge is -2.53. The van der Waals surface area contributed by atoms with Gasteiger partial charge in [0.15, 0.2) is 0 Å². The highest BCUT2D eigenvalue weighted by atomic mass is 16.3. The number of hydrogen-bond donors (Lipinski definition) is 2. The van der Waals surface area contributed by atoms with Crippen LogP contribution in [0.4, 0.5) is 0 Å². The molecule has 2 N–H and O–H groups in total. The van der Waals surface area contributed by atoms with E-state index in [0.717, 1.165) is 45.7 Å². The lowest BCUT2D eigenvalue weighted by atomic mass is 9.68. The third kappa shape index (κ3) is 1.43. The van der Waals surface area contributed by atoms with Crippen molar-refractivity contribution in [3.05, 3.63) is 0 Å². The van der Waals surface area contributed by atoms with E-state index in [4.69, 9.17) is 0 Å². The van der Waals surface area contributed by atoms with E-state index < -0.39 is 0 Å². The van der Waals surface area contributed by atoms with Gasteiger partial charge in [-0.15, -0.1) is 0 Å². The maximum absolute atomic E-state index is 10.4. The van der Waals surface area contributed by atoms with Gasteiger partial charge in [-0.25, -0.2) is 0 Å². The molecule has 0 radical (unpaired) electrons. The fourth-order valence-corrected chi connectivity index (χ4v) is 3.83. The number of hydrogen-bond acceptors (Lipinski definition) is 4. The molecular weight excluding hydrogens is 192 g/mol. The first kappa shape index (κ1) is 10.0. The molecule has 0 aromatic heterocycles. The molecule has 0 aromatic rings. The third-order valence-electron chi connectivity index (χ3n) is 4.48. The molecule has 4 nitrogen and oxygen atoms in total. The Kier molecular flexibility index (Phi) is 2.28. The van der Waals surface area contributed by atoms with Gasteiger partial charge in [0.25, 0.3) is 0 Å². The number of fused-ring (bicyclic) bond motifs is 1. The maximum Gasteiger partial charge on any atom is 0.0674 e. The molecule has 0 amide bonds. The van der Waals surface area contributed by atoms with E-state index in [1.54, 1.807) is 0 Å². The van der Waals surface area contributed by atoms with Gasteiger partial charge in [-0.2, -0.15) is 0 Å². The molecule has 0 aliphatic carbocycles. The van der Waals surface area contributed by atoms with Crippen LogP contribution in [0.5, 0.6) is 0 Å². The Morgan fingerprint density at radius 2 is 1.73 bits per heavy atom. The Bertz CT molecular complexity index is 243. The van der Waals surface area contributed by atoms with Crippen molar-refractivity contribution in [1.82, 2.24) is 9.80 Å². The minimum Gasteiger partial charge on any atom is -0.396 e. The second-order valence-electron chi connectivity index (χ2n) is 5.51. The van der Waals surface area contributed by atoms with Crippen LogP contribution in [0, 0.1) is 11.3 Å². The number of nitrogens with zero attached hydrogens (tertiary/aromatic N) is 2. The van der Waals surface area contributed by atoms with Crippen LogP contribution >= 0.6 is 0 Å². The van der Waals surface area contributed by atoms with Crippen molar-refractivity contribution in [2.75, 3.05) is 45.9 Å². The largest absolute Gasteiger partial charge is 0.396 e. The zero-order valence-corrected chi connectivity index (χ0v) is 9.10. The molecular formula is C11H20N2O2. The maximum atomic E-state index is 10.4. The summed E-state index contributed by atoms with van der Waals surface area (Å²) in [5.41, 5.74) is -0.0492. The molecule has 3 unspecified atom stereocenters. The van der Waals surface area contributed by atoms with Crippen molar-refractivity contribution >= 4 is 0 Å². The van der Waals surface area contributed by atoms with Crippen LogP contribution in [0.25, 0.3) is 0 Å². The first-order valence-electron chi connectivity index (χ1n) is 5.97. The zero-order chi connectivity index (χ0) is 10.5. The summed E-state index contributed by atoms with van der Waals surface area (Å²) in [6.07, 6.45) is 0.549. The fraction of sp³-hybridized carbons (Fsp3) is 1.00. The third-order valence-corrected chi connectivity index (χ3v) is 4.48. The van der Waals surface area contributed by atoms with Gasteiger partial charge in [-0.1, -0.05) is 0 Å². The summed E-state index contributed by atoms with van der Waals surface area (Å²) in [5.74, 6) is 0.404. The van der Waals surface area contributed by atoms with Crippen LogP contribution in [-0.4, -0.2) is 72.0 Å². The molecule has 4 saturated heterocycles. The van der Waals surface area contributed by atoms with E-state index in [0.29, 0.717) is 5.92 Å². The minimum atomic E-state index is -0.199. The van der Waals surface area contributed by atoms with Gasteiger partial charge in [-0.3, -0.25) is 0 Å². The van der Waals surface area contributed by atoms with E-state index in [9.17, 15) is 10.2 Å². The fourth-order valence-electron chi connectivity index (χ4n) is 3.83. The molecule has 4 rings (SSSR count). The van der Waals surface area contributed by atoms with Gasteiger partial charge in [0.2, 0.25) is 0 Å². The molecule has 3 atom stereocenters. The van der Waals surface area contributed by atoms with Gasteiger partial charge >= 0.3 is 0 Å². The number of aliphatic hydroxyl groups is 2. The predicted octanol–water partition coefficient (Wildman–Crippen LogP) is -1.02. The molecule has 0 aromatic carbocycles. The summed E-state index contributed by atoms with van der Waals surface area (Å²) in [6, 6.07) is 0. The van der Waals surface area contributed by atoms with Crippen molar-refractivity contribution in [1.29, 1.82) is 0 Å². The Labute approximate surface area is 90.5 Å². The minimum absolute atomic E-state index is 0.0492. The summed E-state index contributed by atoms with van der Waals surface area (Å²) in [5, 5.41) is 19.6. The van der Waals surface area contributed by atoms with E-state index >= 15 is 0 Å². The highest BCUT2D eigenvalue weighted by Gasteiger charge is 2.53. The molecule has 86 valence electrons. The van der Waals surface area contributed by atoms with Crippen molar-refractivity contribution in [3.8, 4) is 0 Å². The quantitative estimate of drug-likeness (QED) is 0.615. The molecule has 0 spiro atoms. The Morgan fingerprint density at radius 1 is 1.13 bits per heavy atom. The van der Waals surface area contributed by atoms with E-state index in [1.165, 1.54) is 0 Å². The first-order valence-corrected chi connectivity index (χ1v) is 5.97. The zero-order valence-electron chi connectivity index (χ0n) is 9.10. The van der Waals surface area contributed by atoms with Crippen LogP contribution in [0.3, 0.4) is 0 Å². The van der Waals surface area contributed by atoms with Crippen LogP contribution < -0.4 is 0 Å². The topological polar surface area (TPSA) is 46.9 Å². The van der Waals surface area contributed by atoms with Crippen molar-refractivity contribution in [2.24, 2.45) is 11.3 Å². The summed E-state index contributed by atoms with van der Waals surface area (Å²) in [7, 11) is 0. The predicted molar refractivity (Wildman–Crippen MR) is 56.5 cm³/mol. The standard InChI is InChI=1S/C11H20N2O2/c14-4-1-11-7-12-2-3-13(8-11)6-9(5-12)10(11)15/h9-10,14-15H,1-8H2. The van der Waals surface area contributed by atoms with Gasteiger partial charge < -0.3 is 20.0 Å². The summed E-state index contributed by atoms with van der Waals surface area (Å²) in [6.45, 7) is 6.51. The van der Waals surface area contributed by atoms with Gasteiger partial charge in [0, 0.05) is 57.2 Å². The number of piperidine rings is 2. The van der Waals surface area contributed by atoms with Crippen LogP contribution in [-0.2, 0) is 0 Å². The molecule has 4 aliphatic rings. The Hall–Kier alpha value is -0.160. The van der Waals surface area contributed by atoms with Crippen LogP contribution in [0.1, 0.15) is 6.42 Å². The van der Waals surface area contributed by atoms with Crippen molar-refractivity contribution < 1.29 is 10.2 Å². The van der Waals surface area contributed by atoms with E-state index in [-0.39, 0.29) is 18.1 Å². The average Bonchev–Trinajstić information content (AvgIpc) is 2.43. The van der Waals surface area contributed by atoms with Crippen LogP contribution in [0.15, 0.2) is 0 Å². The molecule has 4 aliphatic heterocycles. The lowest BCUT2D eigenvalue weighted by Crippen LogP contribution is -2.63. The first-order chi connectivity index (χ1) is 7.23. The highest BCUT2D eigenvalue weighted by molar-refractivity contribution is 5.05. The molecule has 15 heavy (non-hydrogen) atoms. The summed E-state index contributed by atoms with van der Waals surface area (Å²) in [4.78, 5) is 4.94. The molecule has 4 heterocycles. The molecule has 4 bridgehead atoms. The Morgan fingerprint density at radius 3 is 2.27 bits per heavy atom. The van der Waals surface area contributed by atoms with Gasteiger partial charge in [0.1, 0.15) is 0 Å². The molecule has 4 heteroatoms. The van der Waals surface area contributed by atoms with Crippen molar-refractivity contribution in [2.45, 2.75) is 12.5 Å². The Balaban J connectivity index is 1.92. The summed E-state index contributed by atoms with van der Waals surface area (Å²) < 4.78 is 0. The normalized spacial score (nSPS) is 53.2. The second kappa shape index (κ2) is 3.42. The summed E-state index contributed by atoms with van der Waals surface area (Å²) >= 11 is 0. The van der Waals surface area contributed by atoms with Crippen molar-refractivity contribution in [3.63, 3.8) is 0 Å². The van der Waals surface area contributed by atoms with E-state index in [2.05, 4.69) is 9.80 Å². The second-order valence-corrected chi connectivity index (χ2v) is 5.51. The van der Waals surface area contributed by atoms with Gasteiger partial charge in [-0.05, 0) is 6.42 Å². The number of rotatable bonds is 2. The SMILES string of the molecule is OCCC12CN3CCN(CC(C3)C1O)C2. The van der Waals surface area contributed by atoms with Gasteiger partial charge in [0.05, 0.1) is 6.10 Å².